The van der Waals surface area contributed by atoms with E-state index in [4.69, 9.17) is 4.74 Å². The number of halogens is 1. The van der Waals surface area contributed by atoms with Crippen molar-refractivity contribution in [3.8, 4) is 23.0 Å². The monoisotopic (exact) mass is 450 g/mol. The van der Waals surface area contributed by atoms with Crippen molar-refractivity contribution in [1.82, 2.24) is 4.57 Å². The van der Waals surface area contributed by atoms with Crippen LogP contribution in [0.15, 0.2) is 59.1 Å². The number of nitrogens with zero attached hydrogens (tertiary/aromatic N) is 2. The maximum atomic E-state index is 12.4. The summed E-state index contributed by atoms with van der Waals surface area (Å²) in [5, 5.41) is 9.27. The van der Waals surface area contributed by atoms with E-state index in [1.165, 1.54) is 0 Å². The highest BCUT2D eigenvalue weighted by Crippen LogP contribution is 2.30. The molecule has 1 aromatic heterocycles. The largest absolute Gasteiger partial charge is 0.456 e. The summed E-state index contributed by atoms with van der Waals surface area (Å²) in [5.41, 5.74) is 4.79. The summed E-state index contributed by atoms with van der Waals surface area (Å²) >= 11 is 3.47. The predicted molar refractivity (Wildman–Crippen MR) is 118 cm³/mol. The van der Waals surface area contributed by atoms with Gasteiger partial charge in [-0.3, -0.25) is 0 Å². The zero-order valence-electron chi connectivity index (χ0n) is 17.0. The molecular formula is C24H23BrN2O2. The molecular weight excluding hydrogens is 428 g/mol. The summed E-state index contributed by atoms with van der Waals surface area (Å²) in [7, 11) is 0. The summed E-state index contributed by atoms with van der Waals surface area (Å²) in [6.07, 6.45) is 0.295. The molecule has 1 heterocycles. The quantitative estimate of drug-likeness (QED) is 0.442. The molecule has 0 amide bonds. The zero-order valence-corrected chi connectivity index (χ0v) is 18.6. The lowest BCUT2D eigenvalue weighted by Crippen LogP contribution is -2.24. The molecule has 29 heavy (non-hydrogen) atoms. The van der Waals surface area contributed by atoms with Crippen LogP contribution < -0.4 is 0 Å². The van der Waals surface area contributed by atoms with E-state index in [2.05, 4.69) is 26.6 Å². The van der Waals surface area contributed by atoms with E-state index in [9.17, 15) is 10.1 Å². The first-order chi connectivity index (χ1) is 13.7. The SMILES string of the molecule is Cc1cc(C(=O)OC(C)(C)C)ccc1-n1c(CC#N)ccc1-c1ccc(Br)cc1. The molecule has 0 aliphatic carbocycles. The minimum atomic E-state index is -0.543. The summed E-state index contributed by atoms with van der Waals surface area (Å²) in [6, 6.07) is 19.8. The van der Waals surface area contributed by atoms with Gasteiger partial charge in [0.05, 0.1) is 23.7 Å². The van der Waals surface area contributed by atoms with Gasteiger partial charge in [0, 0.05) is 15.9 Å². The third kappa shape index (κ3) is 4.78. The van der Waals surface area contributed by atoms with E-state index in [0.717, 1.165) is 32.7 Å². The topological polar surface area (TPSA) is 55.0 Å². The Morgan fingerprint density at radius 1 is 1.10 bits per heavy atom. The smallest absolute Gasteiger partial charge is 0.338 e. The van der Waals surface area contributed by atoms with E-state index in [-0.39, 0.29) is 5.97 Å². The highest BCUT2D eigenvalue weighted by atomic mass is 79.9. The van der Waals surface area contributed by atoms with E-state index in [0.29, 0.717) is 12.0 Å². The number of aryl methyl sites for hydroxylation is 1. The van der Waals surface area contributed by atoms with Crippen LogP contribution in [0, 0.1) is 18.3 Å². The second-order valence-corrected chi connectivity index (χ2v) is 8.81. The molecule has 4 nitrogen and oxygen atoms in total. The van der Waals surface area contributed by atoms with Crippen molar-refractivity contribution in [2.45, 2.75) is 39.7 Å². The highest BCUT2D eigenvalue weighted by Gasteiger charge is 2.19. The van der Waals surface area contributed by atoms with E-state index >= 15 is 0 Å². The summed E-state index contributed by atoms with van der Waals surface area (Å²) < 4.78 is 8.58. The van der Waals surface area contributed by atoms with Crippen LogP contribution in [0.4, 0.5) is 0 Å². The van der Waals surface area contributed by atoms with E-state index in [1.807, 2.05) is 76.2 Å². The van der Waals surface area contributed by atoms with Crippen LogP contribution in [-0.4, -0.2) is 16.1 Å². The van der Waals surface area contributed by atoms with Gasteiger partial charge in [-0.1, -0.05) is 28.1 Å². The Kier molecular flexibility index (Phi) is 5.95. The molecule has 0 aliphatic rings. The summed E-state index contributed by atoms with van der Waals surface area (Å²) in [5.74, 6) is -0.343. The lowest BCUT2D eigenvalue weighted by Gasteiger charge is -2.20. The minimum absolute atomic E-state index is 0.295. The molecule has 0 saturated heterocycles. The molecule has 0 saturated carbocycles. The third-order valence-electron chi connectivity index (χ3n) is 4.43. The van der Waals surface area contributed by atoms with Crippen molar-refractivity contribution in [2.75, 3.05) is 0 Å². The number of rotatable bonds is 4. The Morgan fingerprint density at radius 3 is 2.38 bits per heavy atom. The molecule has 3 rings (SSSR count). The van der Waals surface area contributed by atoms with Gasteiger partial charge >= 0.3 is 5.97 Å². The second-order valence-electron chi connectivity index (χ2n) is 7.89. The number of nitriles is 1. The molecule has 3 aromatic rings. The van der Waals surface area contributed by atoms with Gasteiger partial charge < -0.3 is 9.30 Å². The standard InChI is InChI=1S/C24H23BrN2O2/c1-16-15-18(23(28)29-24(2,3)4)7-11-21(16)27-20(13-14-26)10-12-22(27)17-5-8-19(25)9-6-17/h5-12,15H,13H2,1-4H3. The van der Waals surface area contributed by atoms with Crippen molar-refractivity contribution in [2.24, 2.45) is 0 Å². The minimum Gasteiger partial charge on any atom is -0.456 e. The Labute approximate surface area is 179 Å². The Bertz CT molecular complexity index is 1080. The Morgan fingerprint density at radius 2 is 1.79 bits per heavy atom. The molecule has 2 aromatic carbocycles. The van der Waals surface area contributed by atoms with Crippen molar-refractivity contribution >= 4 is 21.9 Å². The molecule has 148 valence electrons. The maximum absolute atomic E-state index is 12.4. The number of hydrogen-bond acceptors (Lipinski definition) is 3. The average molecular weight is 451 g/mol. The zero-order chi connectivity index (χ0) is 21.2. The average Bonchev–Trinajstić information content (AvgIpc) is 3.04. The van der Waals surface area contributed by atoms with Crippen molar-refractivity contribution in [3.63, 3.8) is 0 Å². The predicted octanol–water partition coefficient (Wildman–Crippen LogP) is 6.24. The lowest BCUT2D eigenvalue weighted by molar-refractivity contribution is 0.00694. The van der Waals surface area contributed by atoms with Gasteiger partial charge in [-0.05, 0) is 81.3 Å². The first-order valence-electron chi connectivity index (χ1n) is 9.37. The molecule has 0 N–H and O–H groups in total. The van der Waals surface area contributed by atoms with Crippen molar-refractivity contribution in [1.29, 1.82) is 5.26 Å². The van der Waals surface area contributed by atoms with Gasteiger partial charge in [-0.25, -0.2) is 4.79 Å². The van der Waals surface area contributed by atoms with Crippen LogP contribution in [0.1, 0.15) is 42.4 Å². The number of carbonyl (C=O) groups excluding carboxylic acids is 1. The van der Waals surface area contributed by atoms with Crippen LogP contribution >= 0.6 is 15.9 Å². The van der Waals surface area contributed by atoms with Crippen LogP contribution in [-0.2, 0) is 11.2 Å². The van der Waals surface area contributed by atoms with E-state index in [1.54, 1.807) is 6.07 Å². The fourth-order valence-electron chi connectivity index (χ4n) is 3.20. The molecule has 0 fully saturated rings. The van der Waals surface area contributed by atoms with Crippen LogP contribution in [0.25, 0.3) is 16.9 Å². The van der Waals surface area contributed by atoms with Gasteiger partial charge in [0.2, 0.25) is 0 Å². The molecule has 0 atom stereocenters. The molecule has 0 aliphatic heterocycles. The first kappa shape index (κ1) is 20.9. The van der Waals surface area contributed by atoms with Gasteiger partial charge in [0.15, 0.2) is 0 Å². The number of esters is 1. The number of aromatic nitrogens is 1. The highest BCUT2D eigenvalue weighted by molar-refractivity contribution is 9.10. The molecule has 0 spiro atoms. The van der Waals surface area contributed by atoms with E-state index < -0.39 is 5.60 Å². The van der Waals surface area contributed by atoms with Crippen LogP contribution in [0.2, 0.25) is 0 Å². The van der Waals surface area contributed by atoms with Crippen LogP contribution in [0.3, 0.4) is 0 Å². The van der Waals surface area contributed by atoms with Gasteiger partial charge in [0.25, 0.3) is 0 Å². The Balaban J connectivity index is 2.08. The van der Waals surface area contributed by atoms with Crippen molar-refractivity contribution < 1.29 is 9.53 Å². The van der Waals surface area contributed by atoms with Gasteiger partial charge in [-0.2, -0.15) is 5.26 Å². The fraction of sp³-hybridized carbons (Fsp3) is 0.250. The molecule has 5 heteroatoms. The molecule has 0 unspecified atom stereocenters. The first-order valence-corrected chi connectivity index (χ1v) is 10.2. The van der Waals surface area contributed by atoms with Crippen molar-refractivity contribution in [3.05, 3.63) is 75.9 Å². The maximum Gasteiger partial charge on any atom is 0.338 e. The normalized spacial score (nSPS) is 11.2. The number of carbonyl (C=O) groups is 1. The lowest BCUT2D eigenvalue weighted by atomic mass is 10.1. The second kappa shape index (κ2) is 8.26. The van der Waals surface area contributed by atoms with Gasteiger partial charge in [-0.15, -0.1) is 0 Å². The number of benzene rings is 2. The fourth-order valence-corrected chi connectivity index (χ4v) is 3.46. The summed E-state index contributed by atoms with van der Waals surface area (Å²) in [6.45, 7) is 7.52. The molecule has 0 bridgehead atoms. The Hall–Kier alpha value is -2.84. The number of ether oxygens (including phenoxy) is 1. The molecule has 0 radical (unpaired) electrons. The van der Waals surface area contributed by atoms with Crippen LogP contribution in [0.5, 0.6) is 0 Å². The summed E-state index contributed by atoms with van der Waals surface area (Å²) in [4.78, 5) is 12.4. The van der Waals surface area contributed by atoms with Gasteiger partial charge in [0.1, 0.15) is 5.60 Å². The number of hydrogen-bond donors (Lipinski definition) is 0. The third-order valence-corrected chi connectivity index (χ3v) is 4.96.